The zero-order valence-corrected chi connectivity index (χ0v) is 26.7. The van der Waals surface area contributed by atoms with Gasteiger partial charge in [0.1, 0.15) is 5.75 Å². The number of hydrogen-bond donors (Lipinski definition) is 0. The van der Waals surface area contributed by atoms with Gasteiger partial charge in [0.15, 0.2) is 8.32 Å². The Kier molecular flexibility index (Phi) is 11.0. The van der Waals surface area contributed by atoms with Crippen LogP contribution in [0.2, 0.25) is 18.1 Å². The highest BCUT2D eigenvalue weighted by molar-refractivity contribution is 6.74. The van der Waals surface area contributed by atoms with Gasteiger partial charge in [-0.15, -0.1) is 0 Å². The Morgan fingerprint density at radius 1 is 0.800 bits per heavy atom. The minimum Gasteiger partial charge on any atom is -0.494 e. The molecule has 0 aromatic heterocycles. The monoisotopic (exact) mass is 561 g/mol. The quantitative estimate of drug-likeness (QED) is 0.119. The second-order valence-electron chi connectivity index (χ2n) is 11.5. The molecule has 0 saturated carbocycles. The molecule has 0 aliphatic carbocycles. The van der Waals surface area contributed by atoms with E-state index in [2.05, 4.69) is 95.1 Å². The molecule has 5 nitrogen and oxygen atoms in total. The van der Waals surface area contributed by atoms with Crippen LogP contribution in [-0.2, 0) is 9.16 Å². The molecule has 0 aliphatic rings. The van der Waals surface area contributed by atoms with Crippen molar-refractivity contribution in [1.82, 2.24) is 0 Å². The maximum absolute atomic E-state index is 12.8. The Balaban J connectivity index is 1.74. The van der Waals surface area contributed by atoms with E-state index in [1.54, 1.807) is 0 Å². The van der Waals surface area contributed by atoms with Gasteiger partial charge < -0.3 is 18.8 Å². The number of nitrogens with zero attached hydrogens (tertiary/aromatic N) is 1. The van der Waals surface area contributed by atoms with Crippen molar-refractivity contribution in [2.45, 2.75) is 66.1 Å². The maximum Gasteiger partial charge on any atom is 0.338 e. The summed E-state index contributed by atoms with van der Waals surface area (Å²) in [5.74, 6) is 0.532. The summed E-state index contributed by atoms with van der Waals surface area (Å²) >= 11 is 0. The number of ether oxygens (including phenoxy) is 2. The molecular formula is C34H47NO4Si. The lowest BCUT2D eigenvalue weighted by molar-refractivity contribution is 0.0527. The Bertz CT molecular complexity index is 1230. The molecule has 3 aromatic carbocycles. The lowest BCUT2D eigenvalue weighted by Gasteiger charge is -2.36. The average molecular weight is 562 g/mol. The van der Waals surface area contributed by atoms with E-state index in [0.29, 0.717) is 18.8 Å². The molecule has 0 bridgehead atoms. The van der Waals surface area contributed by atoms with Crippen LogP contribution in [-0.4, -0.2) is 47.2 Å². The van der Waals surface area contributed by atoms with Gasteiger partial charge >= 0.3 is 5.97 Å². The lowest BCUT2D eigenvalue weighted by atomic mass is 9.94. The zero-order chi connectivity index (χ0) is 29.3. The number of carbonyl (C=O) groups excluding carboxylic acids is 1. The molecule has 0 spiro atoms. The number of carbonyl (C=O) groups is 1. The van der Waals surface area contributed by atoms with Crippen molar-refractivity contribution in [3.8, 4) is 28.0 Å². The first-order valence-corrected chi connectivity index (χ1v) is 17.4. The topological polar surface area (TPSA) is 48.0 Å². The first kappa shape index (κ1) is 31.4. The first-order valence-electron chi connectivity index (χ1n) is 14.5. The molecule has 0 fully saturated rings. The summed E-state index contributed by atoms with van der Waals surface area (Å²) in [6, 6.07) is 22.5. The standard InChI is InChI=1S/C34H47NO4Si/c1-9-35(10-2)29-18-13-27(14-19-29)32-25-28(17-22-31(32)33(36)37-11-3)26-15-20-30(21-16-26)38-23-12-24-39-40(7,8)34(4,5)6/h13-22,25H,9-12,23-24H2,1-8H3. The van der Waals surface area contributed by atoms with E-state index in [1.165, 1.54) is 5.69 Å². The predicted octanol–water partition coefficient (Wildman–Crippen LogP) is 8.83. The SMILES string of the molecule is CCOC(=O)c1ccc(-c2ccc(OCCCO[Si](C)(C)C(C)(C)C)cc2)cc1-c1ccc(N(CC)CC)cc1. The summed E-state index contributed by atoms with van der Waals surface area (Å²) in [4.78, 5) is 15.1. The number of anilines is 1. The van der Waals surface area contributed by atoms with Gasteiger partial charge in [0.25, 0.3) is 0 Å². The van der Waals surface area contributed by atoms with Crippen molar-refractivity contribution < 1.29 is 18.7 Å². The number of esters is 1. The molecule has 0 aliphatic heterocycles. The van der Waals surface area contributed by atoms with Crippen molar-refractivity contribution in [2.75, 3.05) is 37.8 Å². The van der Waals surface area contributed by atoms with Crippen LogP contribution in [0.3, 0.4) is 0 Å². The number of hydrogen-bond acceptors (Lipinski definition) is 5. The van der Waals surface area contributed by atoms with E-state index < -0.39 is 8.32 Å². The molecule has 6 heteroatoms. The smallest absolute Gasteiger partial charge is 0.338 e. The third-order valence-corrected chi connectivity index (χ3v) is 12.4. The minimum atomic E-state index is -1.72. The summed E-state index contributed by atoms with van der Waals surface area (Å²) < 4.78 is 17.6. The van der Waals surface area contributed by atoms with Crippen LogP contribution in [0.5, 0.6) is 5.75 Å². The zero-order valence-electron chi connectivity index (χ0n) is 25.7. The summed E-state index contributed by atoms with van der Waals surface area (Å²) in [7, 11) is -1.72. The fraction of sp³-hybridized carbons (Fsp3) is 0.441. The fourth-order valence-corrected chi connectivity index (χ4v) is 5.41. The maximum atomic E-state index is 12.8. The third kappa shape index (κ3) is 7.98. The minimum absolute atomic E-state index is 0.215. The van der Waals surface area contributed by atoms with Crippen molar-refractivity contribution in [1.29, 1.82) is 0 Å². The largest absolute Gasteiger partial charge is 0.494 e. The van der Waals surface area contributed by atoms with Gasteiger partial charge in [0.2, 0.25) is 0 Å². The fourth-order valence-electron chi connectivity index (χ4n) is 4.33. The van der Waals surface area contributed by atoms with Gasteiger partial charge in [0, 0.05) is 31.8 Å². The molecule has 0 unspecified atom stereocenters. The molecule has 216 valence electrons. The molecule has 0 amide bonds. The second-order valence-corrected chi connectivity index (χ2v) is 16.3. The van der Waals surface area contributed by atoms with E-state index in [4.69, 9.17) is 13.9 Å². The molecule has 0 atom stereocenters. The molecular weight excluding hydrogens is 514 g/mol. The second kappa shape index (κ2) is 14.0. The van der Waals surface area contributed by atoms with Crippen LogP contribution in [0.4, 0.5) is 5.69 Å². The van der Waals surface area contributed by atoms with E-state index >= 15 is 0 Å². The van der Waals surface area contributed by atoms with Gasteiger partial charge in [-0.1, -0.05) is 51.1 Å². The van der Waals surface area contributed by atoms with E-state index in [1.807, 2.05) is 31.2 Å². The highest BCUT2D eigenvalue weighted by atomic mass is 28.4. The van der Waals surface area contributed by atoms with Crippen molar-refractivity contribution >= 4 is 20.0 Å². The highest BCUT2D eigenvalue weighted by Crippen LogP contribution is 2.36. The van der Waals surface area contributed by atoms with Crippen molar-refractivity contribution in [2.24, 2.45) is 0 Å². The molecule has 0 saturated heterocycles. The van der Waals surface area contributed by atoms with Gasteiger partial charge in [0.05, 0.1) is 18.8 Å². The molecule has 0 heterocycles. The van der Waals surface area contributed by atoms with Crippen LogP contribution in [0.15, 0.2) is 66.7 Å². The summed E-state index contributed by atoms with van der Waals surface area (Å²) in [6.07, 6.45) is 0.861. The lowest BCUT2D eigenvalue weighted by Crippen LogP contribution is -2.41. The van der Waals surface area contributed by atoms with Crippen LogP contribution in [0.25, 0.3) is 22.3 Å². The molecule has 3 rings (SSSR count). The van der Waals surface area contributed by atoms with E-state index in [9.17, 15) is 4.79 Å². The van der Waals surface area contributed by atoms with Gasteiger partial charge in [-0.05, 0) is 97.6 Å². The molecule has 0 radical (unpaired) electrons. The summed E-state index contributed by atoms with van der Waals surface area (Å²) in [5, 5.41) is 0.215. The normalized spacial score (nSPS) is 11.8. The van der Waals surface area contributed by atoms with Crippen molar-refractivity contribution in [3.63, 3.8) is 0 Å². The van der Waals surface area contributed by atoms with Crippen LogP contribution in [0.1, 0.15) is 58.3 Å². The predicted molar refractivity (Wildman–Crippen MR) is 170 cm³/mol. The van der Waals surface area contributed by atoms with E-state index in [0.717, 1.165) is 54.1 Å². The van der Waals surface area contributed by atoms with Gasteiger partial charge in [-0.2, -0.15) is 0 Å². The average Bonchev–Trinajstić information content (AvgIpc) is 2.93. The number of rotatable bonds is 13. The summed E-state index contributed by atoms with van der Waals surface area (Å²) in [5.41, 5.74) is 5.69. The van der Waals surface area contributed by atoms with Crippen LogP contribution in [0, 0.1) is 0 Å². The van der Waals surface area contributed by atoms with Gasteiger partial charge in [-0.25, -0.2) is 4.79 Å². The molecule has 3 aromatic rings. The van der Waals surface area contributed by atoms with Gasteiger partial charge in [-0.3, -0.25) is 0 Å². The number of benzene rings is 3. The molecule has 40 heavy (non-hydrogen) atoms. The Morgan fingerprint density at radius 3 is 1.98 bits per heavy atom. The third-order valence-electron chi connectivity index (χ3n) is 7.84. The van der Waals surface area contributed by atoms with Crippen LogP contribution < -0.4 is 9.64 Å². The Labute approximate surface area is 242 Å². The summed E-state index contributed by atoms with van der Waals surface area (Å²) in [6.45, 7) is 21.0. The van der Waals surface area contributed by atoms with Crippen LogP contribution >= 0.6 is 0 Å². The first-order chi connectivity index (χ1) is 19.0. The highest BCUT2D eigenvalue weighted by Gasteiger charge is 2.36. The Morgan fingerprint density at radius 2 is 1.40 bits per heavy atom. The molecule has 0 N–H and O–H groups in total. The van der Waals surface area contributed by atoms with Crippen molar-refractivity contribution in [3.05, 3.63) is 72.3 Å². The van der Waals surface area contributed by atoms with E-state index in [-0.39, 0.29) is 11.0 Å². The Hall–Kier alpha value is -3.09.